The summed E-state index contributed by atoms with van der Waals surface area (Å²) in [5.74, 6) is -1.35. The van der Waals surface area contributed by atoms with Crippen molar-refractivity contribution in [3.8, 4) is 0 Å². The summed E-state index contributed by atoms with van der Waals surface area (Å²) in [7, 11) is 0. The van der Waals surface area contributed by atoms with Gasteiger partial charge in [0, 0.05) is 17.7 Å². The minimum Gasteiger partial charge on any atom is -0.543 e. The minimum atomic E-state index is -1.36. The van der Waals surface area contributed by atoms with Gasteiger partial charge in [-0.05, 0) is 40.0 Å². The number of carbonyl (C=O) groups is 3. The Morgan fingerprint density at radius 1 is 1.33 bits per heavy atom. The van der Waals surface area contributed by atoms with E-state index in [1.165, 1.54) is 33.7 Å². The Kier molecular flexibility index (Phi) is 5.56. The van der Waals surface area contributed by atoms with Crippen LogP contribution in [0.2, 0.25) is 0 Å². The van der Waals surface area contributed by atoms with Crippen molar-refractivity contribution in [3.05, 3.63) is 27.4 Å². The fourth-order valence-electron chi connectivity index (χ4n) is 4.05. The largest absolute Gasteiger partial charge is 0.543 e. The molecule has 0 aromatic carbocycles. The first-order valence-electron chi connectivity index (χ1n) is 10.0. The number of carboxylic acids is 1. The molecule has 1 aliphatic carbocycles. The predicted molar refractivity (Wildman–Crippen MR) is 109 cm³/mol. The lowest BCUT2D eigenvalue weighted by molar-refractivity contribution is -0.692. The molecular formula is C20H25N3O5S2. The number of amides is 2. The molecule has 2 amide bonds. The van der Waals surface area contributed by atoms with Crippen molar-refractivity contribution in [2.45, 2.75) is 70.0 Å². The molecule has 0 bridgehead atoms. The molecule has 1 saturated heterocycles. The molecule has 10 heteroatoms. The number of fused-ring (bicyclic) bond motifs is 2. The molecule has 0 radical (unpaired) electrons. The number of β-lactam (4-membered cyclic amide) rings is 1. The molecule has 8 nitrogen and oxygen atoms in total. The van der Waals surface area contributed by atoms with Gasteiger partial charge in [0.1, 0.15) is 17.0 Å². The third-order valence-electron chi connectivity index (χ3n) is 5.33. The van der Waals surface area contributed by atoms with Gasteiger partial charge in [-0.2, -0.15) is 4.57 Å². The van der Waals surface area contributed by atoms with Crippen LogP contribution < -0.4 is 15.0 Å². The topological polar surface area (TPSA) is 103 Å². The van der Waals surface area contributed by atoms with Crippen molar-refractivity contribution in [1.82, 2.24) is 10.2 Å². The zero-order chi connectivity index (χ0) is 21.6. The Balaban J connectivity index is 1.53. The zero-order valence-electron chi connectivity index (χ0n) is 17.2. The highest BCUT2D eigenvalue weighted by Crippen LogP contribution is 2.40. The first kappa shape index (κ1) is 21.2. The van der Waals surface area contributed by atoms with E-state index in [4.69, 9.17) is 4.74 Å². The van der Waals surface area contributed by atoms with Crippen molar-refractivity contribution in [3.63, 3.8) is 0 Å². The molecule has 1 aromatic rings. The highest BCUT2D eigenvalue weighted by Gasteiger charge is 2.53. The van der Waals surface area contributed by atoms with Gasteiger partial charge >= 0.3 is 6.09 Å². The third kappa shape index (κ3) is 3.94. The summed E-state index contributed by atoms with van der Waals surface area (Å²) < 4.78 is 7.33. The number of rotatable bonds is 4. The number of nitrogens with zero attached hydrogens (tertiary/aromatic N) is 2. The lowest BCUT2D eigenvalue weighted by Gasteiger charge is -2.50. The summed E-state index contributed by atoms with van der Waals surface area (Å²) in [4.78, 5) is 39.3. The number of aryl methyl sites for hydroxylation is 1. The van der Waals surface area contributed by atoms with Gasteiger partial charge in [0.15, 0.2) is 12.2 Å². The number of hydrogen-bond acceptors (Lipinski definition) is 7. The second kappa shape index (κ2) is 7.88. The van der Waals surface area contributed by atoms with Gasteiger partial charge in [-0.25, -0.2) is 4.79 Å². The fourth-order valence-corrected chi connectivity index (χ4v) is 6.46. The van der Waals surface area contributed by atoms with Crippen LogP contribution in [-0.4, -0.2) is 45.6 Å². The summed E-state index contributed by atoms with van der Waals surface area (Å²) in [6.45, 7) is 5.64. The summed E-state index contributed by atoms with van der Waals surface area (Å²) in [6.07, 6.45) is 3.69. The van der Waals surface area contributed by atoms with Crippen LogP contribution in [0.4, 0.5) is 4.79 Å². The SMILES string of the molecule is CC(C)(C)OC(=O)N[C@@H]1C(=O)N2C(C(=O)[O-])=C(C[n+]3csc4c3CCCC4)CS[C@@H]12. The summed E-state index contributed by atoms with van der Waals surface area (Å²) in [5, 5.41) is 14.0. The van der Waals surface area contributed by atoms with E-state index in [1.807, 2.05) is 5.51 Å². The lowest BCUT2D eigenvalue weighted by Crippen LogP contribution is -2.71. The van der Waals surface area contributed by atoms with E-state index >= 15 is 0 Å². The van der Waals surface area contributed by atoms with Crippen LogP contribution in [0.3, 0.4) is 0 Å². The molecule has 30 heavy (non-hydrogen) atoms. The minimum absolute atomic E-state index is 0.0609. The molecule has 1 aromatic heterocycles. The average Bonchev–Trinajstić information content (AvgIpc) is 3.07. The molecule has 3 aliphatic rings. The monoisotopic (exact) mass is 451 g/mol. The van der Waals surface area contributed by atoms with Gasteiger partial charge in [0.25, 0.3) is 5.91 Å². The number of carboxylic acid groups (broad SMARTS) is 1. The van der Waals surface area contributed by atoms with E-state index < -0.39 is 35.0 Å². The molecule has 162 valence electrons. The molecular weight excluding hydrogens is 426 g/mol. The number of thioether (sulfide) groups is 1. The van der Waals surface area contributed by atoms with E-state index in [-0.39, 0.29) is 5.70 Å². The number of hydrogen-bond donors (Lipinski definition) is 1. The standard InChI is InChI=1S/C20H25N3O5S2/c1-20(2,3)28-19(27)21-14-16(24)23-15(18(25)26)11(9-29-17(14)23)8-22-10-30-13-7-5-4-6-12(13)22/h10,14,17H,4-9H2,1-3H3,(H-,21,25,26,27)/t14-,17+/m1/s1. The van der Waals surface area contributed by atoms with Crippen LogP contribution in [0, 0.1) is 0 Å². The highest BCUT2D eigenvalue weighted by atomic mass is 32.2. The Labute approximate surface area is 183 Å². The van der Waals surface area contributed by atoms with Crippen molar-refractivity contribution < 1.29 is 28.8 Å². The summed E-state index contributed by atoms with van der Waals surface area (Å²) >= 11 is 3.16. The van der Waals surface area contributed by atoms with Crippen LogP contribution in [0.1, 0.15) is 44.2 Å². The number of carbonyl (C=O) groups excluding carboxylic acids is 3. The smallest absolute Gasteiger partial charge is 0.408 e. The third-order valence-corrected chi connectivity index (χ3v) is 7.76. The maximum absolute atomic E-state index is 12.7. The van der Waals surface area contributed by atoms with E-state index in [9.17, 15) is 19.5 Å². The van der Waals surface area contributed by atoms with Gasteiger partial charge in [-0.3, -0.25) is 9.69 Å². The van der Waals surface area contributed by atoms with Crippen molar-refractivity contribution >= 4 is 41.1 Å². The zero-order valence-corrected chi connectivity index (χ0v) is 18.9. The van der Waals surface area contributed by atoms with Gasteiger partial charge in [-0.1, -0.05) is 11.3 Å². The van der Waals surface area contributed by atoms with Crippen LogP contribution in [0.5, 0.6) is 0 Å². The van der Waals surface area contributed by atoms with E-state index in [2.05, 4.69) is 9.88 Å². The van der Waals surface area contributed by atoms with E-state index in [1.54, 1.807) is 32.1 Å². The number of nitrogens with one attached hydrogen (secondary N) is 1. The molecule has 2 atom stereocenters. The molecule has 0 saturated carbocycles. The van der Waals surface area contributed by atoms with E-state index in [0.29, 0.717) is 17.9 Å². The molecule has 4 rings (SSSR count). The van der Waals surface area contributed by atoms with Crippen LogP contribution in [-0.2, 0) is 33.7 Å². The molecule has 1 fully saturated rings. The van der Waals surface area contributed by atoms with Gasteiger partial charge in [0.05, 0.1) is 16.5 Å². The fraction of sp³-hybridized carbons (Fsp3) is 0.600. The quantitative estimate of drug-likeness (QED) is 0.535. The number of alkyl carbamates (subject to hydrolysis) is 1. The maximum atomic E-state index is 12.7. The highest BCUT2D eigenvalue weighted by molar-refractivity contribution is 8.00. The molecule has 2 aliphatic heterocycles. The summed E-state index contributed by atoms with van der Waals surface area (Å²) in [5.41, 5.74) is 3.22. The van der Waals surface area contributed by atoms with Gasteiger partial charge < -0.3 is 20.0 Å². The molecule has 0 spiro atoms. The Morgan fingerprint density at radius 2 is 2.07 bits per heavy atom. The number of ether oxygens (including phenoxy) is 1. The number of aromatic nitrogens is 1. The molecule has 3 heterocycles. The maximum Gasteiger partial charge on any atom is 0.408 e. The van der Waals surface area contributed by atoms with Crippen LogP contribution in [0.25, 0.3) is 0 Å². The lowest BCUT2D eigenvalue weighted by atomic mass is 10.0. The Hall–Kier alpha value is -2.07. The van der Waals surface area contributed by atoms with Crippen molar-refractivity contribution in [1.29, 1.82) is 0 Å². The molecule has 1 N–H and O–H groups in total. The Morgan fingerprint density at radius 3 is 2.77 bits per heavy atom. The van der Waals surface area contributed by atoms with Gasteiger partial charge in [-0.15, -0.1) is 11.8 Å². The number of thiazole rings is 1. The van der Waals surface area contributed by atoms with Crippen molar-refractivity contribution in [2.75, 3.05) is 5.75 Å². The Bertz CT molecular complexity index is 933. The van der Waals surface area contributed by atoms with Crippen LogP contribution in [0.15, 0.2) is 16.8 Å². The predicted octanol–water partition coefficient (Wildman–Crippen LogP) is 0.727. The van der Waals surface area contributed by atoms with Crippen molar-refractivity contribution in [2.24, 2.45) is 0 Å². The summed E-state index contributed by atoms with van der Waals surface area (Å²) in [6, 6.07) is -0.803. The average molecular weight is 452 g/mol. The normalized spacial score (nSPS) is 23.4. The van der Waals surface area contributed by atoms with Crippen LogP contribution >= 0.6 is 23.1 Å². The first-order valence-corrected chi connectivity index (χ1v) is 11.9. The second-order valence-corrected chi connectivity index (χ2v) is 10.7. The second-order valence-electron chi connectivity index (χ2n) is 8.70. The first-order chi connectivity index (χ1) is 14.2. The molecule has 0 unspecified atom stereocenters. The van der Waals surface area contributed by atoms with E-state index in [0.717, 1.165) is 19.3 Å². The van der Waals surface area contributed by atoms with Gasteiger partial charge in [0.2, 0.25) is 5.51 Å². The number of aliphatic carboxylic acids is 1.